The summed E-state index contributed by atoms with van der Waals surface area (Å²) in [5, 5.41) is 20.9. The van der Waals surface area contributed by atoms with Gasteiger partial charge in [-0.15, -0.1) is 0 Å². The molecule has 1 aromatic rings. The molecule has 0 heterocycles. The predicted molar refractivity (Wildman–Crippen MR) is 49.2 cm³/mol. The highest BCUT2D eigenvalue weighted by atomic mass is 16.6. The number of nitrogens with zero attached hydrogens (tertiary/aromatic N) is 2. The Hall–Kier alpha value is -2.53. The highest BCUT2D eigenvalue weighted by Gasteiger charge is 2.25. The molecule has 1 rings (SSSR count). The molecular weight excluding hydrogens is 204 g/mol. The second-order valence-corrected chi connectivity index (χ2v) is 2.48. The van der Waals surface area contributed by atoms with Gasteiger partial charge in [0.1, 0.15) is 5.56 Å². The van der Waals surface area contributed by atoms with E-state index in [1.54, 1.807) is 0 Å². The Bertz CT molecular complexity index is 476. The molecule has 0 atom stereocenters. The van der Waals surface area contributed by atoms with E-state index in [0.29, 0.717) is 0 Å². The average Bonchev–Trinajstić information content (AvgIpc) is 2.18. The summed E-state index contributed by atoms with van der Waals surface area (Å²) in [6.45, 7) is 0. The lowest BCUT2D eigenvalue weighted by atomic mass is 10.1. The van der Waals surface area contributed by atoms with Crippen LogP contribution in [0.2, 0.25) is 0 Å². The second-order valence-electron chi connectivity index (χ2n) is 2.48. The molecule has 0 fully saturated rings. The number of para-hydroxylation sites is 1. The number of nitro groups is 2. The monoisotopic (exact) mass is 208 g/mol. The standard InChI is InChI=1S/C8H4N2O5/c11-5-8(10(14)15)6-3-1-2-4-7(6)9(12)13/h1-4H. The van der Waals surface area contributed by atoms with Gasteiger partial charge in [-0.2, -0.15) is 0 Å². The Morgan fingerprint density at radius 1 is 1.20 bits per heavy atom. The van der Waals surface area contributed by atoms with Crippen molar-refractivity contribution in [1.29, 1.82) is 0 Å². The van der Waals surface area contributed by atoms with Crippen LogP contribution in [0.25, 0.3) is 5.70 Å². The summed E-state index contributed by atoms with van der Waals surface area (Å²) >= 11 is 0. The van der Waals surface area contributed by atoms with Crippen molar-refractivity contribution < 1.29 is 14.6 Å². The summed E-state index contributed by atoms with van der Waals surface area (Å²) in [6.07, 6.45) is 0. The van der Waals surface area contributed by atoms with Crippen molar-refractivity contribution in [1.82, 2.24) is 0 Å². The molecule has 7 heteroatoms. The minimum atomic E-state index is -1.00. The number of carbonyl (C=O) groups excluding carboxylic acids is 1. The fourth-order valence-electron chi connectivity index (χ4n) is 1.02. The third-order valence-electron chi connectivity index (χ3n) is 1.64. The van der Waals surface area contributed by atoms with Crippen molar-refractivity contribution >= 4 is 17.3 Å². The van der Waals surface area contributed by atoms with E-state index in [0.717, 1.165) is 18.1 Å². The van der Waals surface area contributed by atoms with Gasteiger partial charge in [0.25, 0.3) is 5.69 Å². The molecule has 0 saturated heterocycles. The van der Waals surface area contributed by atoms with Crippen LogP contribution in [0.3, 0.4) is 0 Å². The molecule has 0 aromatic heterocycles. The number of rotatable bonds is 3. The molecule has 0 saturated carbocycles. The molecule has 0 amide bonds. The SMILES string of the molecule is O=C=C(c1ccccc1[N+](=O)[O-])[N+](=O)[O-]. The van der Waals surface area contributed by atoms with E-state index >= 15 is 0 Å². The molecule has 7 nitrogen and oxygen atoms in total. The van der Waals surface area contributed by atoms with Crippen LogP contribution in [-0.2, 0) is 4.79 Å². The van der Waals surface area contributed by atoms with E-state index in [2.05, 4.69) is 0 Å². The lowest BCUT2D eigenvalue weighted by Crippen LogP contribution is -2.02. The molecule has 0 N–H and O–H groups in total. The van der Waals surface area contributed by atoms with Crippen LogP contribution in [0.1, 0.15) is 5.56 Å². The van der Waals surface area contributed by atoms with Crippen molar-refractivity contribution in [2.75, 3.05) is 0 Å². The zero-order chi connectivity index (χ0) is 11.4. The lowest BCUT2D eigenvalue weighted by Gasteiger charge is -1.96. The summed E-state index contributed by atoms with van der Waals surface area (Å²) < 4.78 is 0. The first-order chi connectivity index (χ1) is 7.07. The van der Waals surface area contributed by atoms with Crippen LogP contribution < -0.4 is 0 Å². The Morgan fingerprint density at radius 2 is 1.80 bits per heavy atom. The van der Waals surface area contributed by atoms with Crippen LogP contribution in [0.15, 0.2) is 24.3 Å². The molecule has 0 bridgehead atoms. The van der Waals surface area contributed by atoms with Crippen molar-refractivity contribution in [2.45, 2.75) is 0 Å². The summed E-state index contributed by atoms with van der Waals surface area (Å²) in [7, 11) is 0. The third-order valence-corrected chi connectivity index (χ3v) is 1.64. The Morgan fingerprint density at radius 3 is 2.27 bits per heavy atom. The second kappa shape index (κ2) is 4.12. The van der Waals surface area contributed by atoms with E-state index in [-0.39, 0.29) is 5.56 Å². The van der Waals surface area contributed by atoms with Crippen molar-refractivity contribution in [3.63, 3.8) is 0 Å². The first-order valence-corrected chi connectivity index (χ1v) is 3.71. The van der Waals surface area contributed by atoms with Gasteiger partial charge in [-0.1, -0.05) is 12.1 Å². The Balaban J connectivity index is 3.43. The van der Waals surface area contributed by atoms with Crippen molar-refractivity contribution in [3.05, 3.63) is 50.1 Å². The van der Waals surface area contributed by atoms with Crippen molar-refractivity contribution in [2.24, 2.45) is 0 Å². The third kappa shape index (κ3) is 2.04. The van der Waals surface area contributed by atoms with Crippen LogP contribution in [0.5, 0.6) is 0 Å². The number of hydrogen-bond donors (Lipinski definition) is 0. The summed E-state index contributed by atoms with van der Waals surface area (Å²) in [5.41, 5.74) is -1.78. The normalized spacial score (nSPS) is 9.07. The Kier molecular flexibility index (Phi) is 2.90. The maximum atomic E-state index is 10.5. The van der Waals surface area contributed by atoms with Crippen LogP contribution in [-0.4, -0.2) is 15.8 Å². The zero-order valence-electron chi connectivity index (χ0n) is 7.25. The summed E-state index contributed by atoms with van der Waals surface area (Å²) in [4.78, 5) is 29.4. The molecule has 0 aliphatic rings. The molecular formula is C8H4N2O5. The van der Waals surface area contributed by atoms with Gasteiger partial charge in [0.05, 0.1) is 9.85 Å². The minimum absolute atomic E-state index is 0.345. The fourth-order valence-corrected chi connectivity index (χ4v) is 1.02. The van der Waals surface area contributed by atoms with Crippen LogP contribution >= 0.6 is 0 Å². The van der Waals surface area contributed by atoms with Gasteiger partial charge in [0.2, 0.25) is 5.94 Å². The number of benzene rings is 1. The van der Waals surface area contributed by atoms with Crippen LogP contribution in [0.4, 0.5) is 5.69 Å². The van der Waals surface area contributed by atoms with Crippen LogP contribution in [0, 0.1) is 20.2 Å². The van der Waals surface area contributed by atoms with E-state index < -0.39 is 21.2 Å². The topological polar surface area (TPSA) is 103 Å². The zero-order valence-corrected chi connectivity index (χ0v) is 7.25. The Labute approximate surface area is 82.9 Å². The van der Waals surface area contributed by atoms with Gasteiger partial charge in [-0.3, -0.25) is 20.2 Å². The van der Waals surface area contributed by atoms with Crippen molar-refractivity contribution in [3.8, 4) is 0 Å². The highest BCUT2D eigenvalue weighted by Crippen LogP contribution is 2.23. The van der Waals surface area contributed by atoms with E-state index in [1.165, 1.54) is 12.1 Å². The molecule has 0 spiro atoms. The maximum absolute atomic E-state index is 10.5. The summed E-state index contributed by atoms with van der Waals surface area (Å²) in [5.74, 6) is 1.08. The highest BCUT2D eigenvalue weighted by molar-refractivity contribution is 5.85. The van der Waals surface area contributed by atoms with Gasteiger partial charge in [-0.25, -0.2) is 4.79 Å². The van der Waals surface area contributed by atoms with Gasteiger partial charge in [-0.05, 0) is 6.07 Å². The molecule has 0 unspecified atom stereocenters. The quantitative estimate of drug-likeness (QED) is 0.419. The molecule has 0 aliphatic carbocycles. The predicted octanol–water partition coefficient (Wildman–Crippen LogP) is 1.04. The fraction of sp³-hybridized carbons (Fsp3) is 0. The number of nitro benzene ring substituents is 1. The summed E-state index contributed by atoms with van der Waals surface area (Å²) in [6, 6.07) is 4.92. The molecule has 0 aliphatic heterocycles. The van der Waals surface area contributed by atoms with Gasteiger partial charge in [0.15, 0.2) is 0 Å². The minimum Gasteiger partial charge on any atom is -0.258 e. The van der Waals surface area contributed by atoms with Gasteiger partial charge >= 0.3 is 5.70 Å². The molecule has 15 heavy (non-hydrogen) atoms. The van der Waals surface area contributed by atoms with E-state index in [1.807, 2.05) is 0 Å². The first-order valence-electron chi connectivity index (χ1n) is 3.71. The smallest absolute Gasteiger partial charge is 0.258 e. The van der Waals surface area contributed by atoms with E-state index in [4.69, 9.17) is 0 Å². The molecule has 1 aromatic carbocycles. The largest absolute Gasteiger partial charge is 0.365 e. The maximum Gasteiger partial charge on any atom is 0.365 e. The average molecular weight is 208 g/mol. The number of hydrogen-bond acceptors (Lipinski definition) is 5. The first kappa shape index (κ1) is 10.6. The van der Waals surface area contributed by atoms with E-state index in [9.17, 15) is 25.0 Å². The molecule has 0 radical (unpaired) electrons. The van der Waals surface area contributed by atoms with Gasteiger partial charge in [0, 0.05) is 6.07 Å². The molecule has 76 valence electrons. The lowest BCUT2D eigenvalue weighted by molar-refractivity contribution is -0.391. The van der Waals surface area contributed by atoms with Gasteiger partial charge < -0.3 is 0 Å².